The maximum absolute atomic E-state index is 14.7. The highest BCUT2D eigenvalue weighted by molar-refractivity contribution is 7.90. The van der Waals surface area contributed by atoms with Gasteiger partial charge in [-0.2, -0.15) is 0 Å². The van der Waals surface area contributed by atoms with E-state index in [1.165, 1.54) is 17.2 Å². The summed E-state index contributed by atoms with van der Waals surface area (Å²) in [6, 6.07) is 10.7. The van der Waals surface area contributed by atoms with Gasteiger partial charge in [0.2, 0.25) is 5.95 Å². The smallest absolute Gasteiger partial charge is 0.225 e. The summed E-state index contributed by atoms with van der Waals surface area (Å²) in [6.45, 7) is 5.72. The highest BCUT2D eigenvalue weighted by atomic mass is 32.2. The minimum Gasteiger partial charge on any atom is -0.341 e. The van der Waals surface area contributed by atoms with Crippen LogP contribution in [0.2, 0.25) is 0 Å². The number of anilines is 1. The van der Waals surface area contributed by atoms with Crippen molar-refractivity contribution < 1.29 is 12.8 Å². The number of fused-ring (bicyclic) bond motifs is 1. The van der Waals surface area contributed by atoms with Crippen LogP contribution >= 0.6 is 0 Å². The molecule has 0 N–H and O–H groups in total. The van der Waals surface area contributed by atoms with Gasteiger partial charge in [0.15, 0.2) is 9.84 Å². The number of hydrogen-bond donors (Lipinski definition) is 0. The van der Waals surface area contributed by atoms with Crippen LogP contribution in [0.5, 0.6) is 0 Å². The molecule has 0 aliphatic carbocycles. The third kappa shape index (κ3) is 4.57. The molecule has 5 rings (SSSR count). The minimum absolute atomic E-state index is 0.000802. The number of halogens is 1. The number of rotatable bonds is 5. The Morgan fingerprint density at radius 2 is 1.71 bits per heavy atom. The fourth-order valence-electron chi connectivity index (χ4n) is 4.93. The average Bonchev–Trinajstić information content (AvgIpc) is 3.27. The van der Waals surface area contributed by atoms with Gasteiger partial charge in [-0.3, -0.25) is 4.90 Å². The van der Waals surface area contributed by atoms with Crippen molar-refractivity contribution in [3.8, 4) is 11.1 Å². The van der Waals surface area contributed by atoms with Crippen LogP contribution in [0.3, 0.4) is 0 Å². The number of aromatic nitrogens is 2. The molecule has 6 nitrogen and oxygen atoms in total. The quantitative estimate of drug-likeness (QED) is 0.544. The van der Waals surface area contributed by atoms with E-state index in [1.54, 1.807) is 6.07 Å². The van der Waals surface area contributed by atoms with Crippen LogP contribution in [0, 0.1) is 5.82 Å². The van der Waals surface area contributed by atoms with Crippen molar-refractivity contribution >= 4 is 15.8 Å². The second-order valence-corrected chi connectivity index (χ2v) is 11.3. The molecule has 178 valence electrons. The van der Waals surface area contributed by atoms with Crippen molar-refractivity contribution in [2.45, 2.75) is 50.2 Å². The molecule has 0 unspecified atom stereocenters. The predicted molar refractivity (Wildman–Crippen MR) is 131 cm³/mol. The molecule has 8 heteroatoms. The highest BCUT2D eigenvalue weighted by Gasteiger charge is 2.30. The van der Waals surface area contributed by atoms with Gasteiger partial charge < -0.3 is 4.90 Å². The summed E-state index contributed by atoms with van der Waals surface area (Å²) in [7, 11) is -3.44. The Bertz CT molecular complexity index is 1300. The predicted octanol–water partition coefficient (Wildman–Crippen LogP) is 4.23. The van der Waals surface area contributed by atoms with Crippen molar-refractivity contribution in [2.24, 2.45) is 0 Å². The Kier molecular flexibility index (Phi) is 6.12. The lowest BCUT2D eigenvalue weighted by atomic mass is 10.0. The third-order valence-corrected chi connectivity index (χ3v) is 8.11. The first-order valence-corrected chi connectivity index (χ1v) is 13.6. The van der Waals surface area contributed by atoms with Crippen LogP contribution in [-0.2, 0) is 29.3 Å². The number of piperidine rings is 1. The summed E-state index contributed by atoms with van der Waals surface area (Å²) in [6.07, 6.45) is 7.98. The van der Waals surface area contributed by atoms with E-state index in [-0.39, 0.29) is 4.90 Å². The van der Waals surface area contributed by atoms with Crippen LogP contribution in [-0.4, -0.2) is 48.7 Å². The van der Waals surface area contributed by atoms with Gasteiger partial charge in [-0.25, -0.2) is 22.8 Å². The molecule has 0 spiro atoms. The highest BCUT2D eigenvalue weighted by Crippen LogP contribution is 2.33. The number of aryl methyl sites for hydroxylation is 1. The lowest BCUT2D eigenvalue weighted by molar-refractivity contribution is 0.169. The molecular weight excluding hydrogens is 451 g/mol. The van der Waals surface area contributed by atoms with Crippen molar-refractivity contribution in [1.29, 1.82) is 0 Å². The topological polar surface area (TPSA) is 66.4 Å². The number of sulfone groups is 1. The molecule has 2 aliphatic heterocycles. The van der Waals surface area contributed by atoms with Gasteiger partial charge in [-0.15, -0.1) is 0 Å². The average molecular weight is 481 g/mol. The second kappa shape index (κ2) is 9.07. The van der Waals surface area contributed by atoms with E-state index in [0.29, 0.717) is 11.6 Å². The summed E-state index contributed by atoms with van der Waals surface area (Å²) >= 11 is 0. The van der Waals surface area contributed by atoms with Crippen molar-refractivity contribution in [3.05, 3.63) is 71.3 Å². The van der Waals surface area contributed by atoms with E-state index in [0.717, 1.165) is 74.8 Å². The van der Waals surface area contributed by atoms with E-state index in [2.05, 4.69) is 32.8 Å². The van der Waals surface area contributed by atoms with Gasteiger partial charge in [-0.1, -0.05) is 25.1 Å². The van der Waals surface area contributed by atoms with Gasteiger partial charge in [0.25, 0.3) is 0 Å². The van der Waals surface area contributed by atoms with E-state index in [4.69, 9.17) is 0 Å². The van der Waals surface area contributed by atoms with E-state index >= 15 is 0 Å². The fraction of sp³-hybridized carbons (Fsp3) is 0.385. The zero-order valence-electron chi connectivity index (χ0n) is 19.5. The Balaban J connectivity index is 1.25. The largest absolute Gasteiger partial charge is 0.341 e. The summed E-state index contributed by atoms with van der Waals surface area (Å²) in [4.78, 5) is 13.8. The summed E-state index contributed by atoms with van der Waals surface area (Å²) in [5.41, 5.74) is 4.85. The Hall–Kier alpha value is -2.84. The molecule has 0 bridgehead atoms. The lowest BCUT2D eigenvalue weighted by Crippen LogP contribution is -2.43. The van der Waals surface area contributed by atoms with E-state index in [9.17, 15) is 12.8 Å². The van der Waals surface area contributed by atoms with Crippen molar-refractivity contribution in [2.75, 3.05) is 24.2 Å². The normalized spacial score (nSPS) is 17.2. The fourth-order valence-corrected chi connectivity index (χ4v) is 5.56. The standard InChI is InChI=1S/C26H29FN4O2S/c1-3-18-14-28-26(29-15-18)30-10-8-22(9-11-30)31-16-20-5-4-19(12-21(20)17-31)24-7-6-23(13-25(24)27)34(2,32)33/h4-7,12-15,22H,3,8-11,16-17H2,1-2H3. The van der Waals surface area contributed by atoms with Gasteiger partial charge >= 0.3 is 0 Å². The van der Waals surface area contributed by atoms with Gasteiger partial charge in [0, 0.05) is 56.4 Å². The molecule has 3 heterocycles. The molecule has 0 radical (unpaired) electrons. The summed E-state index contributed by atoms with van der Waals surface area (Å²) in [5, 5.41) is 0. The molecule has 3 aromatic rings. The zero-order chi connectivity index (χ0) is 23.9. The molecular formula is C26H29FN4O2S. The third-order valence-electron chi connectivity index (χ3n) is 7.00. The van der Waals surface area contributed by atoms with Crippen LogP contribution in [0.15, 0.2) is 53.7 Å². The molecule has 0 atom stereocenters. The second-order valence-electron chi connectivity index (χ2n) is 9.27. The van der Waals surface area contributed by atoms with Crippen LogP contribution in [0.25, 0.3) is 11.1 Å². The zero-order valence-corrected chi connectivity index (χ0v) is 20.4. The summed E-state index contributed by atoms with van der Waals surface area (Å²) in [5.74, 6) is 0.299. The molecule has 34 heavy (non-hydrogen) atoms. The Morgan fingerprint density at radius 3 is 2.35 bits per heavy atom. The number of nitrogens with zero attached hydrogens (tertiary/aromatic N) is 4. The summed E-state index contributed by atoms with van der Waals surface area (Å²) < 4.78 is 38.1. The lowest BCUT2D eigenvalue weighted by Gasteiger charge is -2.36. The maximum Gasteiger partial charge on any atom is 0.225 e. The van der Waals surface area contributed by atoms with Gasteiger partial charge in [0.1, 0.15) is 5.82 Å². The first kappa shape index (κ1) is 22.9. The number of hydrogen-bond acceptors (Lipinski definition) is 6. The molecule has 2 aromatic carbocycles. The first-order chi connectivity index (χ1) is 16.3. The molecule has 1 saturated heterocycles. The first-order valence-electron chi connectivity index (χ1n) is 11.7. The molecule has 2 aliphatic rings. The molecule has 1 aromatic heterocycles. The monoisotopic (exact) mass is 480 g/mol. The number of benzene rings is 2. The molecule has 0 amide bonds. The van der Waals surface area contributed by atoms with Crippen molar-refractivity contribution in [3.63, 3.8) is 0 Å². The van der Waals surface area contributed by atoms with Crippen LogP contribution in [0.1, 0.15) is 36.5 Å². The molecule has 1 fully saturated rings. The van der Waals surface area contributed by atoms with Gasteiger partial charge in [0.05, 0.1) is 4.90 Å². The van der Waals surface area contributed by atoms with E-state index in [1.807, 2.05) is 24.5 Å². The Labute approximate surface area is 200 Å². The SMILES string of the molecule is CCc1cnc(N2CCC(N3Cc4ccc(-c5ccc(S(C)(=O)=O)cc5F)cc4C3)CC2)nc1. The van der Waals surface area contributed by atoms with E-state index < -0.39 is 15.7 Å². The van der Waals surface area contributed by atoms with Gasteiger partial charge in [-0.05, 0) is 59.7 Å². The Morgan fingerprint density at radius 1 is 1.00 bits per heavy atom. The molecule has 0 saturated carbocycles. The minimum atomic E-state index is -3.44. The van der Waals surface area contributed by atoms with Crippen LogP contribution < -0.4 is 4.90 Å². The van der Waals surface area contributed by atoms with Crippen LogP contribution in [0.4, 0.5) is 10.3 Å². The maximum atomic E-state index is 14.7. The van der Waals surface area contributed by atoms with Crippen molar-refractivity contribution in [1.82, 2.24) is 14.9 Å².